The van der Waals surface area contributed by atoms with Crippen LogP contribution < -0.4 is 10.1 Å². The molecule has 2 aromatic rings. The number of imidazole rings is 1. The number of hydrogen-bond acceptors (Lipinski definition) is 3. The van der Waals surface area contributed by atoms with Crippen LogP contribution in [0.1, 0.15) is 12.6 Å². The van der Waals surface area contributed by atoms with Crippen molar-refractivity contribution >= 4 is 15.9 Å². The number of hydrogen-bond donors (Lipinski definition) is 1. The van der Waals surface area contributed by atoms with E-state index in [1.54, 1.807) is 0 Å². The van der Waals surface area contributed by atoms with Gasteiger partial charge in [0.2, 0.25) is 0 Å². The second-order valence-electron chi connectivity index (χ2n) is 4.19. The summed E-state index contributed by atoms with van der Waals surface area (Å²) in [7, 11) is 0. The van der Waals surface area contributed by atoms with Gasteiger partial charge in [0.1, 0.15) is 12.4 Å². The zero-order chi connectivity index (χ0) is 13.5. The molecule has 0 aliphatic carbocycles. The smallest absolute Gasteiger partial charge is 0.119 e. The SMILES string of the molecule is CCNCc1cn(CCOc2ccc(Br)cc2)cn1. The van der Waals surface area contributed by atoms with E-state index in [2.05, 4.69) is 33.2 Å². The highest BCUT2D eigenvalue weighted by atomic mass is 79.9. The van der Waals surface area contributed by atoms with Crippen molar-refractivity contribution in [3.8, 4) is 5.75 Å². The summed E-state index contributed by atoms with van der Waals surface area (Å²) in [6.45, 7) is 5.30. The topological polar surface area (TPSA) is 39.1 Å². The van der Waals surface area contributed by atoms with Gasteiger partial charge in [-0.15, -0.1) is 0 Å². The summed E-state index contributed by atoms with van der Waals surface area (Å²) in [6.07, 6.45) is 3.89. The normalized spacial score (nSPS) is 10.6. The highest BCUT2D eigenvalue weighted by Gasteiger charge is 1.99. The molecule has 1 aromatic carbocycles. The van der Waals surface area contributed by atoms with Crippen LogP contribution in [0.3, 0.4) is 0 Å². The number of halogens is 1. The third kappa shape index (κ3) is 4.69. The van der Waals surface area contributed by atoms with Crippen LogP contribution in [0.15, 0.2) is 41.3 Å². The van der Waals surface area contributed by atoms with Gasteiger partial charge in [-0.05, 0) is 30.8 Å². The minimum absolute atomic E-state index is 0.638. The van der Waals surface area contributed by atoms with Crippen LogP contribution in [0, 0.1) is 0 Å². The Morgan fingerprint density at radius 2 is 2.11 bits per heavy atom. The lowest BCUT2D eigenvalue weighted by Gasteiger charge is -2.06. The van der Waals surface area contributed by atoms with Crippen molar-refractivity contribution in [3.05, 3.63) is 47.0 Å². The molecular formula is C14H18BrN3O. The first-order chi connectivity index (χ1) is 9.28. The van der Waals surface area contributed by atoms with Gasteiger partial charge in [-0.3, -0.25) is 0 Å². The summed E-state index contributed by atoms with van der Waals surface area (Å²) >= 11 is 3.40. The molecular weight excluding hydrogens is 306 g/mol. The molecule has 0 radical (unpaired) electrons. The molecule has 0 fully saturated rings. The van der Waals surface area contributed by atoms with Gasteiger partial charge >= 0.3 is 0 Å². The molecule has 1 aromatic heterocycles. The van der Waals surface area contributed by atoms with Gasteiger partial charge in [0, 0.05) is 17.2 Å². The first-order valence-corrected chi connectivity index (χ1v) is 7.17. The highest BCUT2D eigenvalue weighted by Crippen LogP contribution is 2.15. The number of rotatable bonds is 7. The van der Waals surface area contributed by atoms with E-state index in [9.17, 15) is 0 Å². The third-order valence-electron chi connectivity index (χ3n) is 2.67. The molecule has 0 spiro atoms. The lowest BCUT2D eigenvalue weighted by molar-refractivity contribution is 0.298. The molecule has 1 N–H and O–H groups in total. The van der Waals surface area contributed by atoms with Gasteiger partial charge in [-0.25, -0.2) is 4.98 Å². The standard InChI is InChI=1S/C14H18BrN3O/c1-2-16-9-13-10-18(11-17-13)7-8-19-14-5-3-12(15)4-6-14/h3-6,10-11,16H,2,7-9H2,1H3. The van der Waals surface area contributed by atoms with Crippen LogP contribution in [0.25, 0.3) is 0 Å². The van der Waals surface area contributed by atoms with Crippen LogP contribution in [0.4, 0.5) is 0 Å². The molecule has 0 atom stereocenters. The van der Waals surface area contributed by atoms with E-state index in [1.807, 2.05) is 41.4 Å². The van der Waals surface area contributed by atoms with Crippen LogP contribution >= 0.6 is 15.9 Å². The van der Waals surface area contributed by atoms with Gasteiger partial charge in [0.25, 0.3) is 0 Å². The summed E-state index contributed by atoms with van der Waals surface area (Å²) < 4.78 is 8.78. The average Bonchev–Trinajstić information content (AvgIpc) is 2.87. The number of nitrogens with zero attached hydrogens (tertiary/aromatic N) is 2. The maximum absolute atomic E-state index is 5.67. The molecule has 0 aliphatic heterocycles. The van der Waals surface area contributed by atoms with Crippen LogP contribution in [0.5, 0.6) is 5.75 Å². The minimum Gasteiger partial charge on any atom is -0.492 e. The molecule has 0 saturated carbocycles. The number of ether oxygens (including phenoxy) is 1. The zero-order valence-corrected chi connectivity index (χ0v) is 12.6. The fourth-order valence-corrected chi connectivity index (χ4v) is 1.94. The van der Waals surface area contributed by atoms with Crippen LogP contribution in [-0.2, 0) is 13.1 Å². The molecule has 102 valence electrons. The molecule has 19 heavy (non-hydrogen) atoms. The molecule has 5 heteroatoms. The van der Waals surface area contributed by atoms with Crippen LogP contribution in [-0.4, -0.2) is 22.7 Å². The summed E-state index contributed by atoms with van der Waals surface area (Å²) in [5, 5.41) is 3.25. The summed E-state index contributed by atoms with van der Waals surface area (Å²) in [5.41, 5.74) is 1.06. The lowest BCUT2D eigenvalue weighted by Crippen LogP contribution is -2.12. The number of benzene rings is 1. The Bertz CT molecular complexity index is 496. The van der Waals surface area contributed by atoms with Crippen molar-refractivity contribution in [2.24, 2.45) is 0 Å². The second-order valence-corrected chi connectivity index (χ2v) is 5.10. The van der Waals surface area contributed by atoms with Gasteiger partial charge < -0.3 is 14.6 Å². The largest absolute Gasteiger partial charge is 0.492 e. The van der Waals surface area contributed by atoms with Crippen molar-refractivity contribution < 1.29 is 4.74 Å². The van der Waals surface area contributed by atoms with E-state index >= 15 is 0 Å². The van der Waals surface area contributed by atoms with E-state index in [0.29, 0.717) is 6.61 Å². The Balaban J connectivity index is 1.76. The predicted octanol–water partition coefficient (Wildman–Crippen LogP) is 2.83. The lowest BCUT2D eigenvalue weighted by atomic mass is 10.3. The Labute approximate surface area is 121 Å². The van der Waals surface area contributed by atoms with Gasteiger partial charge in [0.05, 0.1) is 18.6 Å². The molecule has 0 bridgehead atoms. The third-order valence-corrected chi connectivity index (χ3v) is 3.20. The molecule has 0 saturated heterocycles. The fourth-order valence-electron chi connectivity index (χ4n) is 1.67. The van der Waals surface area contributed by atoms with Crippen molar-refractivity contribution in [2.45, 2.75) is 20.0 Å². The zero-order valence-electron chi connectivity index (χ0n) is 11.0. The van der Waals surface area contributed by atoms with E-state index in [-0.39, 0.29) is 0 Å². The first-order valence-electron chi connectivity index (χ1n) is 6.37. The number of aromatic nitrogens is 2. The average molecular weight is 324 g/mol. The van der Waals surface area contributed by atoms with Crippen LogP contribution in [0.2, 0.25) is 0 Å². The molecule has 0 aliphatic rings. The molecule has 0 amide bonds. The van der Waals surface area contributed by atoms with E-state index < -0.39 is 0 Å². The minimum atomic E-state index is 0.638. The summed E-state index contributed by atoms with van der Waals surface area (Å²) in [5.74, 6) is 0.885. The van der Waals surface area contributed by atoms with Gasteiger partial charge in [0.15, 0.2) is 0 Å². The van der Waals surface area contributed by atoms with Gasteiger partial charge in [-0.1, -0.05) is 22.9 Å². The summed E-state index contributed by atoms with van der Waals surface area (Å²) in [4.78, 5) is 4.33. The molecule has 2 rings (SSSR count). The van der Waals surface area contributed by atoms with E-state index in [4.69, 9.17) is 4.74 Å². The van der Waals surface area contributed by atoms with Crippen molar-refractivity contribution in [1.82, 2.24) is 14.9 Å². The van der Waals surface area contributed by atoms with E-state index in [0.717, 1.165) is 35.6 Å². The first kappa shape index (κ1) is 14.1. The number of nitrogens with one attached hydrogen (secondary N) is 1. The molecule has 0 unspecified atom stereocenters. The summed E-state index contributed by atoms with van der Waals surface area (Å²) in [6, 6.07) is 7.85. The second kappa shape index (κ2) is 7.31. The van der Waals surface area contributed by atoms with Gasteiger partial charge in [-0.2, -0.15) is 0 Å². The van der Waals surface area contributed by atoms with E-state index in [1.165, 1.54) is 0 Å². The Hall–Kier alpha value is -1.33. The Morgan fingerprint density at radius 1 is 1.32 bits per heavy atom. The predicted molar refractivity (Wildman–Crippen MR) is 79.2 cm³/mol. The molecule has 4 nitrogen and oxygen atoms in total. The maximum Gasteiger partial charge on any atom is 0.119 e. The van der Waals surface area contributed by atoms with Crippen molar-refractivity contribution in [2.75, 3.05) is 13.2 Å². The maximum atomic E-state index is 5.67. The van der Waals surface area contributed by atoms with Crippen molar-refractivity contribution in [1.29, 1.82) is 0 Å². The Morgan fingerprint density at radius 3 is 2.84 bits per heavy atom. The molecule has 1 heterocycles. The monoisotopic (exact) mass is 323 g/mol. The fraction of sp³-hybridized carbons (Fsp3) is 0.357. The van der Waals surface area contributed by atoms with Crippen molar-refractivity contribution in [3.63, 3.8) is 0 Å². The Kier molecular flexibility index (Phi) is 5.42. The quantitative estimate of drug-likeness (QED) is 0.851. The highest BCUT2D eigenvalue weighted by molar-refractivity contribution is 9.10.